The molecule has 27 heavy (non-hydrogen) atoms. The smallest absolute Gasteiger partial charge is 0.408 e. The number of fused-ring (bicyclic) bond motifs is 2. The fourth-order valence-corrected chi connectivity index (χ4v) is 6.05. The Morgan fingerprint density at radius 3 is 2.78 bits per heavy atom. The largest absolute Gasteiger partial charge is 0.465 e. The number of nitrogens with one attached hydrogen (secondary N) is 1. The number of nitrogens with zero attached hydrogens (tertiary/aromatic N) is 3. The normalized spacial score (nSPS) is 19.1. The molecular formula is C18H18N4O3S2. The fraction of sp³-hybridized carbons (Fsp3) is 0.333. The highest BCUT2D eigenvalue weighted by atomic mass is 32.1. The van der Waals surface area contributed by atoms with Crippen LogP contribution in [0.2, 0.25) is 0 Å². The summed E-state index contributed by atoms with van der Waals surface area (Å²) in [5.41, 5.74) is 2.80. The summed E-state index contributed by atoms with van der Waals surface area (Å²) in [6.07, 6.45) is 3.12. The predicted octanol–water partition coefficient (Wildman–Crippen LogP) is 4.36. The molecule has 0 unspecified atom stereocenters. The third kappa shape index (κ3) is 2.96. The fourth-order valence-electron chi connectivity index (χ4n) is 3.64. The maximum atomic E-state index is 11.8. The Labute approximate surface area is 163 Å². The van der Waals surface area contributed by atoms with Gasteiger partial charge in [-0.3, -0.25) is 14.7 Å². The summed E-state index contributed by atoms with van der Waals surface area (Å²) in [4.78, 5) is 34.7. The van der Waals surface area contributed by atoms with Crippen molar-refractivity contribution in [2.24, 2.45) is 0 Å². The highest BCUT2D eigenvalue weighted by Crippen LogP contribution is 2.49. The Morgan fingerprint density at radius 1 is 1.33 bits per heavy atom. The molecule has 0 fully saturated rings. The minimum Gasteiger partial charge on any atom is -0.465 e. The Kier molecular flexibility index (Phi) is 4.35. The number of hydrogen-bond acceptors (Lipinski definition) is 6. The SMILES string of the molecule is CC(=O)Nc1sc2c(c1-c1nc3cnccc3s1)C[C@@H](C)N(C(=O)O)[C@H]2C. The number of carboxylic acid groups (broad SMARTS) is 1. The number of carbonyl (C=O) groups is 2. The Bertz CT molecular complexity index is 1030. The van der Waals surface area contributed by atoms with Crippen molar-refractivity contribution < 1.29 is 14.7 Å². The number of thiazole rings is 1. The second-order valence-corrected chi connectivity index (χ2v) is 8.69. The van der Waals surface area contributed by atoms with Crippen LogP contribution in [0, 0.1) is 0 Å². The van der Waals surface area contributed by atoms with Gasteiger partial charge in [0.05, 0.1) is 16.9 Å². The zero-order valence-corrected chi connectivity index (χ0v) is 16.6. The summed E-state index contributed by atoms with van der Waals surface area (Å²) < 4.78 is 1.03. The topological polar surface area (TPSA) is 95.4 Å². The Morgan fingerprint density at radius 2 is 2.11 bits per heavy atom. The monoisotopic (exact) mass is 402 g/mol. The van der Waals surface area contributed by atoms with Crippen molar-refractivity contribution in [2.75, 3.05) is 5.32 Å². The van der Waals surface area contributed by atoms with E-state index in [0.717, 1.165) is 36.2 Å². The lowest BCUT2D eigenvalue weighted by molar-refractivity contribution is -0.114. The van der Waals surface area contributed by atoms with Gasteiger partial charge in [0, 0.05) is 29.6 Å². The van der Waals surface area contributed by atoms with E-state index in [1.165, 1.54) is 23.2 Å². The molecule has 140 valence electrons. The number of hydrogen-bond donors (Lipinski definition) is 2. The molecule has 9 heteroatoms. The van der Waals surface area contributed by atoms with Gasteiger partial charge < -0.3 is 10.4 Å². The number of thiophene rings is 1. The summed E-state index contributed by atoms with van der Waals surface area (Å²) in [6.45, 7) is 5.28. The molecule has 2 amide bonds. The van der Waals surface area contributed by atoms with E-state index in [9.17, 15) is 14.7 Å². The number of carbonyl (C=O) groups excluding carboxylic acids is 1. The molecule has 0 bridgehead atoms. The molecule has 4 rings (SSSR count). The van der Waals surface area contributed by atoms with Crippen LogP contribution in [-0.4, -0.2) is 38.0 Å². The molecule has 0 spiro atoms. The molecule has 7 nitrogen and oxygen atoms in total. The van der Waals surface area contributed by atoms with E-state index in [2.05, 4.69) is 10.3 Å². The van der Waals surface area contributed by atoms with Crippen LogP contribution in [0.3, 0.4) is 0 Å². The summed E-state index contributed by atoms with van der Waals surface area (Å²) >= 11 is 2.99. The molecule has 0 radical (unpaired) electrons. The minimum absolute atomic E-state index is 0.153. The number of pyridine rings is 1. The second kappa shape index (κ2) is 6.58. The van der Waals surface area contributed by atoms with Crippen LogP contribution in [0.15, 0.2) is 18.5 Å². The van der Waals surface area contributed by atoms with Gasteiger partial charge in [0.15, 0.2) is 0 Å². The van der Waals surface area contributed by atoms with Crippen LogP contribution in [0.4, 0.5) is 9.80 Å². The van der Waals surface area contributed by atoms with Crippen LogP contribution >= 0.6 is 22.7 Å². The lowest BCUT2D eigenvalue weighted by Gasteiger charge is -2.36. The summed E-state index contributed by atoms with van der Waals surface area (Å²) in [7, 11) is 0. The van der Waals surface area contributed by atoms with Gasteiger partial charge in [0.1, 0.15) is 15.5 Å². The van der Waals surface area contributed by atoms with Crippen LogP contribution in [0.1, 0.15) is 37.3 Å². The lowest BCUT2D eigenvalue weighted by Crippen LogP contribution is -2.43. The Balaban J connectivity index is 1.91. The average Bonchev–Trinajstić information content (AvgIpc) is 3.14. The van der Waals surface area contributed by atoms with E-state index in [-0.39, 0.29) is 18.0 Å². The lowest BCUT2D eigenvalue weighted by atomic mass is 9.93. The molecule has 0 saturated carbocycles. The molecule has 2 atom stereocenters. The molecule has 3 aromatic heterocycles. The van der Waals surface area contributed by atoms with E-state index in [0.29, 0.717) is 6.42 Å². The first-order valence-corrected chi connectivity index (χ1v) is 10.2. The van der Waals surface area contributed by atoms with Crippen molar-refractivity contribution >= 4 is 49.9 Å². The zero-order valence-electron chi connectivity index (χ0n) is 15.0. The highest BCUT2D eigenvalue weighted by Gasteiger charge is 2.37. The first kappa shape index (κ1) is 17.9. The molecule has 3 aromatic rings. The van der Waals surface area contributed by atoms with Crippen molar-refractivity contribution in [3.05, 3.63) is 28.9 Å². The number of amides is 2. The van der Waals surface area contributed by atoms with Gasteiger partial charge in [-0.1, -0.05) is 0 Å². The number of aromatic nitrogens is 2. The van der Waals surface area contributed by atoms with Crippen molar-refractivity contribution in [3.8, 4) is 10.6 Å². The van der Waals surface area contributed by atoms with Gasteiger partial charge in [-0.25, -0.2) is 9.78 Å². The van der Waals surface area contributed by atoms with E-state index >= 15 is 0 Å². The second-order valence-electron chi connectivity index (χ2n) is 6.61. The van der Waals surface area contributed by atoms with Gasteiger partial charge in [0.25, 0.3) is 0 Å². The van der Waals surface area contributed by atoms with E-state index in [1.54, 1.807) is 23.7 Å². The summed E-state index contributed by atoms with van der Waals surface area (Å²) in [5.74, 6) is -0.159. The van der Waals surface area contributed by atoms with E-state index in [4.69, 9.17) is 4.98 Å². The number of rotatable bonds is 2. The Hall–Kier alpha value is -2.52. The van der Waals surface area contributed by atoms with Crippen LogP contribution in [0.5, 0.6) is 0 Å². The first-order chi connectivity index (χ1) is 12.9. The van der Waals surface area contributed by atoms with Crippen LogP contribution in [0.25, 0.3) is 20.8 Å². The molecule has 0 saturated heterocycles. The van der Waals surface area contributed by atoms with Crippen molar-refractivity contribution in [1.29, 1.82) is 0 Å². The predicted molar refractivity (Wildman–Crippen MR) is 106 cm³/mol. The molecular weight excluding hydrogens is 384 g/mol. The third-order valence-corrected chi connectivity index (χ3v) is 7.10. The molecule has 4 heterocycles. The van der Waals surface area contributed by atoms with Crippen molar-refractivity contribution in [2.45, 2.75) is 39.3 Å². The standard InChI is InChI=1S/C18H18N4O3S2/c1-8-6-11-14(17-21-12-7-19-5-4-13(12)26-17)16(20-10(3)23)27-15(11)9(2)22(8)18(24)25/h4-5,7-9H,6H2,1-3H3,(H,20,23)(H,24,25)/t8-,9+/m1/s1. The van der Waals surface area contributed by atoms with Crippen LogP contribution < -0.4 is 5.32 Å². The van der Waals surface area contributed by atoms with Gasteiger partial charge in [0.2, 0.25) is 5.91 Å². The highest BCUT2D eigenvalue weighted by molar-refractivity contribution is 7.23. The average molecular weight is 403 g/mol. The summed E-state index contributed by atoms with van der Waals surface area (Å²) in [5, 5.41) is 14.0. The van der Waals surface area contributed by atoms with Gasteiger partial charge >= 0.3 is 6.09 Å². The molecule has 0 aromatic carbocycles. The van der Waals surface area contributed by atoms with Gasteiger partial charge in [-0.05, 0) is 31.9 Å². The quantitative estimate of drug-likeness (QED) is 0.664. The molecule has 2 N–H and O–H groups in total. The maximum absolute atomic E-state index is 11.8. The summed E-state index contributed by atoms with van der Waals surface area (Å²) in [6, 6.07) is 1.49. The van der Waals surface area contributed by atoms with E-state index < -0.39 is 6.09 Å². The minimum atomic E-state index is -0.928. The maximum Gasteiger partial charge on any atom is 0.408 e. The van der Waals surface area contributed by atoms with Crippen molar-refractivity contribution in [1.82, 2.24) is 14.9 Å². The first-order valence-electron chi connectivity index (χ1n) is 8.52. The van der Waals surface area contributed by atoms with Crippen molar-refractivity contribution in [3.63, 3.8) is 0 Å². The molecule has 1 aliphatic heterocycles. The molecule has 0 aliphatic carbocycles. The molecule has 1 aliphatic rings. The number of anilines is 1. The third-order valence-electron chi connectivity index (χ3n) is 4.72. The van der Waals surface area contributed by atoms with E-state index in [1.807, 2.05) is 19.9 Å². The van der Waals surface area contributed by atoms with Gasteiger partial charge in [-0.2, -0.15) is 0 Å². The van der Waals surface area contributed by atoms with Gasteiger partial charge in [-0.15, -0.1) is 22.7 Å². The zero-order chi connectivity index (χ0) is 19.3. The van der Waals surface area contributed by atoms with Crippen LogP contribution in [-0.2, 0) is 11.2 Å².